The van der Waals surface area contributed by atoms with Crippen molar-refractivity contribution in [2.75, 3.05) is 5.32 Å². The molecule has 0 aromatic heterocycles. The van der Waals surface area contributed by atoms with E-state index in [1.807, 2.05) is 13.8 Å². The highest BCUT2D eigenvalue weighted by Gasteiger charge is 2.05. The molecule has 0 saturated carbocycles. The maximum atomic E-state index is 11.5. The summed E-state index contributed by atoms with van der Waals surface area (Å²) in [7, 11) is 0. The molecule has 1 aromatic carbocycles. The molecule has 0 aliphatic rings. The number of carbonyl (C=O) groups is 2. The second kappa shape index (κ2) is 6.03. The zero-order valence-electron chi connectivity index (χ0n) is 10.4. The van der Waals surface area contributed by atoms with Crippen LogP contribution in [0.15, 0.2) is 24.3 Å². The fraction of sp³-hybridized carbons (Fsp3) is 0.385. The first-order valence-electron chi connectivity index (χ1n) is 5.71. The highest BCUT2D eigenvalue weighted by Crippen LogP contribution is 2.09. The van der Waals surface area contributed by atoms with Crippen molar-refractivity contribution < 1.29 is 9.59 Å². The lowest BCUT2D eigenvalue weighted by atomic mass is 10.1. The summed E-state index contributed by atoms with van der Waals surface area (Å²) in [5.41, 5.74) is 1.31. The van der Waals surface area contributed by atoms with E-state index in [0.29, 0.717) is 11.3 Å². The van der Waals surface area contributed by atoms with Crippen LogP contribution in [0.1, 0.15) is 37.6 Å². The van der Waals surface area contributed by atoms with Crippen molar-refractivity contribution in [1.29, 1.82) is 0 Å². The highest BCUT2D eigenvalue weighted by molar-refractivity contribution is 5.95. The number of benzene rings is 1. The summed E-state index contributed by atoms with van der Waals surface area (Å²) in [5, 5.41) is 5.51. The molecule has 1 atom stereocenters. The molecule has 0 spiro atoms. The van der Waals surface area contributed by atoms with E-state index in [2.05, 4.69) is 10.6 Å². The number of anilines is 1. The van der Waals surface area contributed by atoms with Crippen LogP contribution in [0, 0.1) is 0 Å². The van der Waals surface area contributed by atoms with Crippen LogP contribution >= 0.6 is 0 Å². The molecule has 0 heterocycles. The molecular formula is C13H18N2O2. The average molecular weight is 234 g/mol. The van der Waals surface area contributed by atoms with Gasteiger partial charge in [0, 0.05) is 17.3 Å². The van der Waals surface area contributed by atoms with Crippen LogP contribution in [0.4, 0.5) is 10.5 Å². The molecule has 4 heteroatoms. The zero-order chi connectivity index (χ0) is 12.8. The summed E-state index contributed by atoms with van der Waals surface area (Å²) in [5.74, 6) is 0.0145. The van der Waals surface area contributed by atoms with E-state index < -0.39 is 0 Å². The van der Waals surface area contributed by atoms with Gasteiger partial charge >= 0.3 is 6.03 Å². The molecule has 1 unspecified atom stereocenters. The predicted octanol–water partition coefficient (Wildman–Crippen LogP) is 2.81. The number of hydrogen-bond acceptors (Lipinski definition) is 2. The van der Waals surface area contributed by atoms with Crippen LogP contribution in [0.5, 0.6) is 0 Å². The van der Waals surface area contributed by atoms with E-state index in [0.717, 1.165) is 6.42 Å². The van der Waals surface area contributed by atoms with Gasteiger partial charge in [-0.1, -0.05) is 6.92 Å². The minimum Gasteiger partial charge on any atom is -0.335 e. The number of ketones is 1. The quantitative estimate of drug-likeness (QED) is 0.787. The van der Waals surface area contributed by atoms with Gasteiger partial charge in [0.25, 0.3) is 0 Å². The molecule has 1 aromatic rings. The van der Waals surface area contributed by atoms with E-state index in [1.54, 1.807) is 24.3 Å². The maximum absolute atomic E-state index is 11.5. The molecule has 92 valence electrons. The molecule has 0 radical (unpaired) electrons. The first-order chi connectivity index (χ1) is 8.02. The van der Waals surface area contributed by atoms with E-state index in [4.69, 9.17) is 0 Å². The van der Waals surface area contributed by atoms with Crippen molar-refractivity contribution in [2.24, 2.45) is 0 Å². The first-order valence-corrected chi connectivity index (χ1v) is 5.71. The van der Waals surface area contributed by atoms with Crippen LogP contribution in [-0.4, -0.2) is 17.9 Å². The molecule has 0 bridgehead atoms. The Bertz CT molecular complexity index is 398. The lowest BCUT2D eigenvalue weighted by molar-refractivity contribution is 0.101. The first kappa shape index (κ1) is 13.2. The summed E-state index contributed by atoms with van der Waals surface area (Å²) >= 11 is 0. The largest absolute Gasteiger partial charge is 0.335 e. The number of amides is 2. The molecule has 0 saturated heterocycles. The van der Waals surface area contributed by atoms with Gasteiger partial charge in [0.1, 0.15) is 0 Å². The van der Waals surface area contributed by atoms with E-state index in [-0.39, 0.29) is 17.9 Å². The van der Waals surface area contributed by atoms with Crippen LogP contribution in [-0.2, 0) is 0 Å². The Morgan fingerprint density at radius 2 is 1.82 bits per heavy atom. The highest BCUT2D eigenvalue weighted by atomic mass is 16.2. The van der Waals surface area contributed by atoms with Crippen LogP contribution < -0.4 is 10.6 Å². The third kappa shape index (κ3) is 4.26. The smallest absolute Gasteiger partial charge is 0.319 e. The van der Waals surface area contributed by atoms with Gasteiger partial charge in [-0.3, -0.25) is 4.79 Å². The van der Waals surface area contributed by atoms with Gasteiger partial charge in [-0.05, 0) is 44.5 Å². The molecule has 2 amide bonds. The van der Waals surface area contributed by atoms with Gasteiger partial charge in [0.15, 0.2) is 5.78 Å². The van der Waals surface area contributed by atoms with Gasteiger partial charge in [0.05, 0.1) is 0 Å². The fourth-order valence-electron chi connectivity index (χ4n) is 1.28. The molecular weight excluding hydrogens is 216 g/mol. The van der Waals surface area contributed by atoms with Crippen LogP contribution in [0.2, 0.25) is 0 Å². The Balaban J connectivity index is 2.57. The Morgan fingerprint density at radius 1 is 1.24 bits per heavy atom. The van der Waals surface area contributed by atoms with Crippen molar-refractivity contribution in [2.45, 2.75) is 33.2 Å². The number of rotatable bonds is 4. The van der Waals surface area contributed by atoms with Gasteiger partial charge in [-0.2, -0.15) is 0 Å². The predicted molar refractivity (Wildman–Crippen MR) is 68.4 cm³/mol. The normalized spacial score (nSPS) is 11.7. The number of Topliss-reactive ketones (excluding diaryl/α,β-unsaturated/α-hetero) is 1. The topological polar surface area (TPSA) is 58.2 Å². The Kier molecular flexibility index (Phi) is 4.69. The fourth-order valence-corrected chi connectivity index (χ4v) is 1.28. The monoisotopic (exact) mass is 234 g/mol. The molecule has 2 N–H and O–H groups in total. The standard InChI is InChI=1S/C13H18N2O2/c1-4-9(2)14-13(17)15-12-7-5-11(6-8-12)10(3)16/h5-9H,4H2,1-3H3,(H2,14,15,17). The summed E-state index contributed by atoms with van der Waals surface area (Å²) in [6.45, 7) is 5.46. The van der Waals surface area contributed by atoms with Crippen LogP contribution in [0.25, 0.3) is 0 Å². The molecule has 0 aliphatic heterocycles. The number of nitrogens with one attached hydrogen (secondary N) is 2. The minimum absolute atomic E-state index is 0.0145. The molecule has 17 heavy (non-hydrogen) atoms. The molecule has 1 rings (SSSR count). The van der Waals surface area contributed by atoms with E-state index >= 15 is 0 Å². The summed E-state index contributed by atoms with van der Waals surface area (Å²) in [6, 6.07) is 6.74. The summed E-state index contributed by atoms with van der Waals surface area (Å²) in [6.07, 6.45) is 0.886. The maximum Gasteiger partial charge on any atom is 0.319 e. The summed E-state index contributed by atoms with van der Waals surface area (Å²) in [4.78, 5) is 22.6. The van der Waals surface area contributed by atoms with Crippen molar-refractivity contribution in [3.63, 3.8) is 0 Å². The van der Waals surface area contributed by atoms with Gasteiger partial charge in [-0.25, -0.2) is 4.79 Å². The van der Waals surface area contributed by atoms with Crippen molar-refractivity contribution >= 4 is 17.5 Å². The van der Waals surface area contributed by atoms with Crippen molar-refractivity contribution in [1.82, 2.24) is 5.32 Å². The number of carbonyl (C=O) groups excluding carboxylic acids is 2. The van der Waals surface area contributed by atoms with Gasteiger partial charge < -0.3 is 10.6 Å². The minimum atomic E-state index is -0.227. The zero-order valence-corrected chi connectivity index (χ0v) is 10.4. The molecule has 0 aliphatic carbocycles. The van der Waals surface area contributed by atoms with Crippen molar-refractivity contribution in [3.8, 4) is 0 Å². The molecule has 4 nitrogen and oxygen atoms in total. The number of urea groups is 1. The third-order valence-corrected chi connectivity index (χ3v) is 2.54. The molecule has 0 fully saturated rings. The Labute approximate surface area is 101 Å². The Morgan fingerprint density at radius 3 is 2.29 bits per heavy atom. The lowest BCUT2D eigenvalue weighted by Gasteiger charge is -2.12. The van der Waals surface area contributed by atoms with E-state index in [9.17, 15) is 9.59 Å². The van der Waals surface area contributed by atoms with Gasteiger partial charge in [0.2, 0.25) is 0 Å². The average Bonchev–Trinajstić information content (AvgIpc) is 2.29. The van der Waals surface area contributed by atoms with Crippen LogP contribution in [0.3, 0.4) is 0 Å². The van der Waals surface area contributed by atoms with Gasteiger partial charge in [-0.15, -0.1) is 0 Å². The second-order valence-corrected chi connectivity index (χ2v) is 4.04. The SMILES string of the molecule is CCC(C)NC(=O)Nc1ccc(C(C)=O)cc1. The third-order valence-electron chi connectivity index (χ3n) is 2.54. The van der Waals surface area contributed by atoms with E-state index in [1.165, 1.54) is 6.92 Å². The second-order valence-electron chi connectivity index (χ2n) is 4.04. The Hall–Kier alpha value is -1.84. The lowest BCUT2D eigenvalue weighted by Crippen LogP contribution is -2.35. The van der Waals surface area contributed by atoms with Crippen molar-refractivity contribution in [3.05, 3.63) is 29.8 Å². The number of hydrogen-bond donors (Lipinski definition) is 2. The summed E-state index contributed by atoms with van der Waals surface area (Å²) < 4.78 is 0.